The zero-order valence-electron chi connectivity index (χ0n) is 13.9. The van der Waals surface area contributed by atoms with Crippen LogP contribution in [0.15, 0.2) is 54.7 Å². The van der Waals surface area contributed by atoms with Crippen molar-refractivity contribution in [2.24, 2.45) is 7.05 Å². The van der Waals surface area contributed by atoms with Crippen LogP contribution in [0.3, 0.4) is 0 Å². The molecule has 2 aromatic rings. The molecular weight excluding hydrogens is 320 g/mol. The van der Waals surface area contributed by atoms with E-state index >= 15 is 0 Å². The van der Waals surface area contributed by atoms with Crippen LogP contribution in [0.1, 0.15) is 18.9 Å². The fourth-order valence-electron chi connectivity index (χ4n) is 2.58. The predicted octanol–water partition coefficient (Wildman–Crippen LogP) is 3.38. The van der Waals surface area contributed by atoms with Gasteiger partial charge in [-0.1, -0.05) is 23.9 Å². The SMILES string of the molecule is CC(=O)SCCCN1/C(=C/c2cc[n+](C)cc2)Oc2ccccc21. The number of rotatable bonds is 5. The van der Waals surface area contributed by atoms with Gasteiger partial charge in [-0.25, -0.2) is 4.57 Å². The number of carbonyl (C=O) groups excluding carboxylic acids is 1. The first-order valence-electron chi connectivity index (χ1n) is 7.98. The fourth-order valence-corrected chi connectivity index (χ4v) is 3.14. The average molecular weight is 341 g/mol. The molecule has 0 saturated carbocycles. The summed E-state index contributed by atoms with van der Waals surface area (Å²) in [4.78, 5) is 13.3. The van der Waals surface area contributed by atoms with E-state index in [1.807, 2.05) is 42.2 Å². The number of hydrogen-bond donors (Lipinski definition) is 0. The molecule has 1 aromatic heterocycles. The van der Waals surface area contributed by atoms with Crippen molar-refractivity contribution in [2.45, 2.75) is 13.3 Å². The summed E-state index contributed by atoms with van der Waals surface area (Å²) in [7, 11) is 2.00. The average Bonchev–Trinajstić information content (AvgIpc) is 2.91. The van der Waals surface area contributed by atoms with Gasteiger partial charge in [-0.2, -0.15) is 0 Å². The third-order valence-electron chi connectivity index (χ3n) is 3.76. The molecule has 1 aliphatic heterocycles. The molecule has 0 radical (unpaired) electrons. The van der Waals surface area contributed by atoms with Crippen LogP contribution in [0.25, 0.3) is 6.08 Å². The van der Waals surface area contributed by atoms with E-state index in [2.05, 4.69) is 29.2 Å². The molecule has 0 amide bonds. The number of nitrogens with zero attached hydrogens (tertiary/aromatic N) is 2. The summed E-state index contributed by atoms with van der Waals surface area (Å²) in [5.41, 5.74) is 2.18. The van der Waals surface area contributed by atoms with Gasteiger partial charge in [0.1, 0.15) is 7.05 Å². The lowest BCUT2D eigenvalue weighted by Gasteiger charge is -2.18. The van der Waals surface area contributed by atoms with Crippen LogP contribution in [0.5, 0.6) is 5.75 Å². The highest BCUT2D eigenvalue weighted by Gasteiger charge is 2.25. The largest absolute Gasteiger partial charge is 0.439 e. The van der Waals surface area contributed by atoms with Gasteiger partial charge >= 0.3 is 0 Å². The second kappa shape index (κ2) is 7.53. The van der Waals surface area contributed by atoms with Crippen LogP contribution in [0.2, 0.25) is 0 Å². The number of para-hydroxylation sites is 2. The Morgan fingerprint density at radius 3 is 2.75 bits per heavy atom. The summed E-state index contributed by atoms with van der Waals surface area (Å²) in [6, 6.07) is 12.2. The second-order valence-electron chi connectivity index (χ2n) is 5.69. The minimum absolute atomic E-state index is 0.168. The molecule has 0 N–H and O–H groups in total. The van der Waals surface area contributed by atoms with Crippen LogP contribution in [0.4, 0.5) is 5.69 Å². The number of carbonyl (C=O) groups is 1. The number of thioether (sulfide) groups is 1. The number of aromatic nitrogens is 1. The molecule has 0 unspecified atom stereocenters. The smallest absolute Gasteiger partial charge is 0.201 e. The van der Waals surface area contributed by atoms with Crippen LogP contribution in [0, 0.1) is 0 Å². The summed E-state index contributed by atoms with van der Waals surface area (Å²) in [5, 5.41) is 0.168. The number of benzene rings is 1. The van der Waals surface area contributed by atoms with Crippen molar-refractivity contribution in [3.8, 4) is 5.75 Å². The monoisotopic (exact) mass is 341 g/mol. The van der Waals surface area contributed by atoms with E-state index < -0.39 is 0 Å². The number of pyridine rings is 1. The van der Waals surface area contributed by atoms with Gasteiger partial charge in [-0.15, -0.1) is 0 Å². The molecule has 0 atom stereocenters. The molecule has 5 heteroatoms. The third kappa shape index (κ3) is 3.97. The molecule has 0 aliphatic carbocycles. The van der Waals surface area contributed by atoms with E-state index in [0.717, 1.165) is 41.6 Å². The molecule has 124 valence electrons. The molecule has 3 rings (SSSR count). The second-order valence-corrected chi connectivity index (χ2v) is 6.97. The summed E-state index contributed by atoms with van der Waals surface area (Å²) < 4.78 is 8.04. The first-order valence-corrected chi connectivity index (χ1v) is 8.97. The molecule has 2 heterocycles. The molecule has 0 bridgehead atoms. The van der Waals surface area contributed by atoms with Crippen molar-refractivity contribution >= 4 is 28.6 Å². The minimum atomic E-state index is 0.168. The van der Waals surface area contributed by atoms with Crippen molar-refractivity contribution in [3.05, 3.63) is 60.2 Å². The molecule has 0 spiro atoms. The molecule has 1 aliphatic rings. The van der Waals surface area contributed by atoms with Crippen LogP contribution >= 0.6 is 11.8 Å². The van der Waals surface area contributed by atoms with E-state index in [0.29, 0.717) is 0 Å². The number of anilines is 1. The van der Waals surface area contributed by atoms with Gasteiger partial charge in [0.2, 0.25) is 5.88 Å². The molecule has 0 fully saturated rings. The summed E-state index contributed by atoms with van der Waals surface area (Å²) >= 11 is 1.37. The van der Waals surface area contributed by atoms with Crippen molar-refractivity contribution in [1.82, 2.24) is 0 Å². The van der Waals surface area contributed by atoms with Crippen LogP contribution < -0.4 is 14.2 Å². The highest BCUT2D eigenvalue weighted by atomic mass is 32.2. The van der Waals surface area contributed by atoms with Gasteiger partial charge in [0.05, 0.1) is 5.69 Å². The quantitative estimate of drug-likeness (QED) is 0.617. The maximum atomic E-state index is 11.1. The highest BCUT2D eigenvalue weighted by Crippen LogP contribution is 2.39. The predicted molar refractivity (Wildman–Crippen MR) is 97.8 cm³/mol. The van der Waals surface area contributed by atoms with E-state index in [9.17, 15) is 4.79 Å². The Labute approximate surface area is 146 Å². The Morgan fingerprint density at radius 2 is 2.00 bits per heavy atom. The number of hydrogen-bond acceptors (Lipinski definition) is 4. The van der Waals surface area contributed by atoms with E-state index in [1.54, 1.807) is 6.92 Å². The summed E-state index contributed by atoms with van der Waals surface area (Å²) in [5.74, 6) is 2.53. The fraction of sp³-hybridized carbons (Fsp3) is 0.263. The van der Waals surface area contributed by atoms with Gasteiger partial charge in [0.25, 0.3) is 0 Å². The third-order valence-corrected chi connectivity index (χ3v) is 4.66. The zero-order chi connectivity index (χ0) is 16.9. The Morgan fingerprint density at radius 1 is 1.25 bits per heavy atom. The van der Waals surface area contributed by atoms with E-state index in [1.165, 1.54) is 11.8 Å². The molecule has 1 aromatic carbocycles. The lowest BCUT2D eigenvalue weighted by atomic mass is 10.2. The standard InChI is InChI=1S/C19H21N2O2S/c1-15(22)24-13-5-10-21-17-6-3-4-7-18(17)23-19(21)14-16-8-11-20(2)12-9-16/h3-4,6-9,11-12,14H,5,10,13H2,1-2H3/q+1. The number of aryl methyl sites for hydroxylation is 1. The summed E-state index contributed by atoms with van der Waals surface area (Å²) in [6.07, 6.45) is 7.01. The van der Waals surface area contributed by atoms with E-state index in [4.69, 9.17) is 4.74 Å². The van der Waals surface area contributed by atoms with Gasteiger partial charge in [-0.05, 0) is 24.1 Å². The topological polar surface area (TPSA) is 33.4 Å². The lowest BCUT2D eigenvalue weighted by Crippen LogP contribution is -2.26. The Hall–Kier alpha value is -2.27. The lowest BCUT2D eigenvalue weighted by molar-refractivity contribution is -0.671. The van der Waals surface area contributed by atoms with Gasteiger partial charge in [-0.3, -0.25) is 4.79 Å². The molecular formula is C19H21N2O2S+. The Bertz CT molecular complexity index is 756. The Kier molecular flexibility index (Phi) is 5.20. The molecule has 0 saturated heterocycles. The maximum absolute atomic E-state index is 11.1. The minimum Gasteiger partial charge on any atom is -0.439 e. The normalized spacial score (nSPS) is 14.6. The van der Waals surface area contributed by atoms with Crippen LogP contribution in [-0.4, -0.2) is 17.4 Å². The first-order chi connectivity index (χ1) is 11.6. The number of fused-ring (bicyclic) bond motifs is 1. The van der Waals surface area contributed by atoms with Gasteiger partial charge < -0.3 is 9.64 Å². The van der Waals surface area contributed by atoms with E-state index in [-0.39, 0.29) is 5.12 Å². The maximum Gasteiger partial charge on any atom is 0.201 e. The van der Waals surface area contributed by atoms with Gasteiger partial charge in [0, 0.05) is 37.4 Å². The Balaban J connectivity index is 1.79. The van der Waals surface area contributed by atoms with Crippen LogP contribution in [-0.2, 0) is 11.8 Å². The first kappa shape index (κ1) is 16.6. The highest BCUT2D eigenvalue weighted by molar-refractivity contribution is 8.13. The van der Waals surface area contributed by atoms with Crippen molar-refractivity contribution < 1.29 is 14.1 Å². The zero-order valence-corrected chi connectivity index (χ0v) is 14.8. The van der Waals surface area contributed by atoms with Crippen molar-refractivity contribution in [2.75, 3.05) is 17.2 Å². The molecule has 4 nitrogen and oxygen atoms in total. The summed E-state index contributed by atoms with van der Waals surface area (Å²) in [6.45, 7) is 2.43. The van der Waals surface area contributed by atoms with Crippen molar-refractivity contribution in [3.63, 3.8) is 0 Å². The van der Waals surface area contributed by atoms with Gasteiger partial charge in [0.15, 0.2) is 23.3 Å². The molecule has 24 heavy (non-hydrogen) atoms. The van der Waals surface area contributed by atoms with Crippen molar-refractivity contribution in [1.29, 1.82) is 0 Å². The number of ether oxygens (including phenoxy) is 1.